The van der Waals surface area contributed by atoms with Gasteiger partial charge in [-0.05, 0) is 37.6 Å². The molecule has 1 saturated heterocycles. The van der Waals surface area contributed by atoms with Crippen LogP contribution in [-0.2, 0) is 4.79 Å². The van der Waals surface area contributed by atoms with Crippen LogP contribution in [0.5, 0.6) is 0 Å². The number of fused-ring (bicyclic) bond motifs is 1. The van der Waals surface area contributed by atoms with E-state index in [4.69, 9.17) is 5.73 Å². The lowest BCUT2D eigenvalue weighted by Crippen LogP contribution is -2.35. The number of carbonyl (C=O) groups is 1. The zero-order chi connectivity index (χ0) is 13.2. The van der Waals surface area contributed by atoms with E-state index in [1.807, 2.05) is 12.1 Å². The molecule has 6 heteroatoms. The fourth-order valence-corrected chi connectivity index (χ4v) is 2.29. The molecule has 2 aromatic rings. The highest BCUT2D eigenvalue weighted by molar-refractivity contribution is 5.98. The van der Waals surface area contributed by atoms with Gasteiger partial charge >= 0.3 is 0 Å². The molecule has 0 bridgehead atoms. The third-order valence-corrected chi connectivity index (χ3v) is 3.31. The number of amides is 1. The molecule has 0 aliphatic carbocycles. The van der Waals surface area contributed by atoms with Crippen molar-refractivity contribution in [2.75, 3.05) is 17.6 Å². The van der Waals surface area contributed by atoms with Crippen molar-refractivity contribution in [2.45, 2.75) is 18.9 Å². The van der Waals surface area contributed by atoms with Gasteiger partial charge in [0.25, 0.3) is 0 Å². The molecule has 0 saturated carbocycles. The van der Waals surface area contributed by atoms with E-state index >= 15 is 0 Å². The molecule has 19 heavy (non-hydrogen) atoms. The number of nitrogens with one attached hydrogen (secondary N) is 2. The van der Waals surface area contributed by atoms with E-state index in [1.54, 1.807) is 6.07 Å². The van der Waals surface area contributed by atoms with Gasteiger partial charge in [0.2, 0.25) is 5.91 Å². The van der Waals surface area contributed by atoms with Gasteiger partial charge in [-0.1, -0.05) is 0 Å². The zero-order valence-corrected chi connectivity index (χ0v) is 10.4. The van der Waals surface area contributed by atoms with E-state index in [1.165, 1.54) is 6.33 Å². The molecule has 0 spiro atoms. The van der Waals surface area contributed by atoms with Crippen molar-refractivity contribution in [1.82, 2.24) is 15.3 Å². The second-order valence-corrected chi connectivity index (χ2v) is 4.63. The van der Waals surface area contributed by atoms with Crippen molar-refractivity contribution >= 4 is 28.3 Å². The summed E-state index contributed by atoms with van der Waals surface area (Å²) in [6, 6.07) is 5.35. The highest BCUT2D eigenvalue weighted by atomic mass is 16.2. The van der Waals surface area contributed by atoms with E-state index in [-0.39, 0.29) is 11.9 Å². The highest BCUT2D eigenvalue weighted by Crippen LogP contribution is 2.21. The number of rotatable bonds is 2. The zero-order valence-electron chi connectivity index (χ0n) is 10.4. The number of carbonyl (C=O) groups excluding carboxylic acids is 1. The van der Waals surface area contributed by atoms with Gasteiger partial charge in [-0.15, -0.1) is 0 Å². The maximum atomic E-state index is 12.0. The van der Waals surface area contributed by atoms with Crippen LogP contribution in [0.1, 0.15) is 12.8 Å². The number of anilines is 2. The molecule has 1 amide bonds. The van der Waals surface area contributed by atoms with E-state index in [9.17, 15) is 4.79 Å². The SMILES string of the molecule is Nc1ncnc2ccc(NC(=O)[C@@H]3CCCN3)cc12. The van der Waals surface area contributed by atoms with Gasteiger partial charge in [-0.3, -0.25) is 4.79 Å². The molecule has 1 aliphatic rings. The molecule has 2 heterocycles. The minimum absolute atomic E-state index is 0.00716. The van der Waals surface area contributed by atoms with Gasteiger partial charge in [0, 0.05) is 11.1 Å². The summed E-state index contributed by atoms with van der Waals surface area (Å²) < 4.78 is 0. The summed E-state index contributed by atoms with van der Waals surface area (Å²) in [5.41, 5.74) is 7.29. The summed E-state index contributed by atoms with van der Waals surface area (Å²) in [6.07, 6.45) is 3.35. The van der Waals surface area contributed by atoms with Crippen LogP contribution in [0.2, 0.25) is 0 Å². The molecule has 3 rings (SSSR count). The molecule has 1 atom stereocenters. The van der Waals surface area contributed by atoms with E-state index in [0.717, 1.165) is 30.3 Å². The maximum Gasteiger partial charge on any atom is 0.241 e. The predicted octanol–water partition coefficient (Wildman–Crippen LogP) is 0.902. The van der Waals surface area contributed by atoms with Gasteiger partial charge < -0.3 is 16.4 Å². The van der Waals surface area contributed by atoms with Gasteiger partial charge in [-0.2, -0.15) is 0 Å². The van der Waals surface area contributed by atoms with Crippen molar-refractivity contribution in [3.8, 4) is 0 Å². The van der Waals surface area contributed by atoms with E-state index < -0.39 is 0 Å². The Bertz CT molecular complexity index is 621. The van der Waals surface area contributed by atoms with Gasteiger partial charge in [0.1, 0.15) is 12.1 Å². The number of nitrogens with two attached hydrogens (primary N) is 1. The highest BCUT2D eigenvalue weighted by Gasteiger charge is 2.21. The number of nitrogen functional groups attached to an aromatic ring is 1. The van der Waals surface area contributed by atoms with Gasteiger partial charge in [-0.25, -0.2) is 9.97 Å². The minimum Gasteiger partial charge on any atom is -0.383 e. The predicted molar refractivity (Wildman–Crippen MR) is 73.6 cm³/mol. The van der Waals surface area contributed by atoms with Crippen LogP contribution in [0.3, 0.4) is 0 Å². The summed E-state index contributed by atoms with van der Waals surface area (Å²) in [4.78, 5) is 20.1. The number of aromatic nitrogens is 2. The first-order valence-corrected chi connectivity index (χ1v) is 6.28. The maximum absolute atomic E-state index is 12.0. The Hall–Kier alpha value is -2.21. The molecule has 0 radical (unpaired) electrons. The Morgan fingerprint density at radius 2 is 2.32 bits per heavy atom. The summed E-state index contributed by atoms with van der Waals surface area (Å²) in [7, 11) is 0. The average molecular weight is 257 g/mol. The standard InChI is InChI=1S/C13H15N5O/c14-12-9-6-8(3-4-10(9)16-7-17-12)18-13(19)11-2-1-5-15-11/h3-4,6-7,11,15H,1-2,5H2,(H,18,19)(H2,14,16,17)/t11-/m0/s1. The lowest BCUT2D eigenvalue weighted by Gasteiger charge is -2.11. The van der Waals surface area contributed by atoms with Crippen molar-refractivity contribution in [3.05, 3.63) is 24.5 Å². The summed E-state index contributed by atoms with van der Waals surface area (Å²) in [5.74, 6) is 0.410. The smallest absolute Gasteiger partial charge is 0.241 e. The second kappa shape index (κ2) is 4.81. The van der Waals surface area contributed by atoms with Crippen LogP contribution in [0.15, 0.2) is 24.5 Å². The molecular formula is C13H15N5O. The fourth-order valence-electron chi connectivity index (χ4n) is 2.29. The van der Waals surface area contributed by atoms with Crippen molar-refractivity contribution < 1.29 is 4.79 Å². The Labute approximate surface area is 110 Å². The number of benzene rings is 1. The Morgan fingerprint density at radius 3 is 3.11 bits per heavy atom. The number of nitrogens with zero attached hydrogens (tertiary/aromatic N) is 2. The first-order chi connectivity index (χ1) is 9.24. The second-order valence-electron chi connectivity index (χ2n) is 4.63. The molecule has 4 N–H and O–H groups in total. The lowest BCUT2D eigenvalue weighted by atomic mass is 10.2. The Balaban J connectivity index is 1.85. The molecule has 1 aliphatic heterocycles. The average Bonchev–Trinajstić information content (AvgIpc) is 2.94. The monoisotopic (exact) mass is 257 g/mol. The minimum atomic E-state index is -0.0972. The lowest BCUT2D eigenvalue weighted by molar-refractivity contribution is -0.117. The molecule has 98 valence electrons. The van der Waals surface area contributed by atoms with Gasteiger partial charge in [0.05, 0.1) is 11.6 Å². The number of hydrogen-bond acceptors (Lipinski definition) is 5. The van der Waals surface area contributed by atoms with Crippen LogP contribution in [0.25, 0.3) is 10.9 Å². The largest absolute Gasteiger partial charge is 0.383 e. The third-order valence-electron chi connectivity index (χ3n) is 3.31. The van der Waals surface area contributed by atoms with E-state index in [0.29, 0.717) is 11.5 Å². The molecule has 0 unspecified atom stereocenters. The molecule has 6 nitrogen and oxygen atoms in total. The summed E-state index contributed by atoms with van der Waals surface area (Å²) in [5, 5.41) is 6.80. The fraction of sp³-hybridized carbons (Fsp3) is 0.308. The quantitative estimate of drug-likeness (QED) is 0.743. The van der Waals surface area contributed by atoms with Crippen molar-refractivity contribution in [2.24, 2.45) is 0 Å². The van der Waals surface area contributed by atoms with Crippen LogP contribution in [0.4, 0.5) is 11.5 Å². The van der Waals surface area contributed by atoms with Crippen LogP contribution >= 0.6 is 0 Å². The van der Waals surface area contributed by atoms with E-state index in [2.05, 4.69) is 20.6 Å². The third kappa shape index (κ3) is 2.34. The molecule has 1 fully saturated rings. The molecular weight excluding hydrogens is 242 g/mol. The summed E-state index contributed by atoms with van der Waals surface area (Å²) in [6.45, 7) is 0.899. The van der Waals surface area contributed by atoms with Gasteiger partial charge in [0.15, 0.2) is 0 Å². The molecule has 1 aromatic heterocycles. The topological polar surface area (TPSA) is 92.9 Å². The Kier molecular flexibility index (Phi) is 3.00. The Morgan fingerprint density at radius 1 is 1.42 bits per heavy atom. The van der Waals surface area contributed by atoms with Crippen molar-refractivity contribution in [1.29, 1.82) is 0 Å². The van der Waals surface area contributed by atoms with Crippen LogP contribution in [-0.4, -0.2) is 28.5 Å². The van der Waals surface area contributed by atoms with Crippen LogP contribution < -0.4 is 16.4 Å². The first-order valence-electron chi connectivity index (χ1n) is 6.28. The number of hydrogen-bond donors (Lipinski definition) is 3. The van der Waals surface area contributed by atoms with Crippen molar-refractivity contribution in [3.63, 3.8) is 0 Å². The van der Waals surface area contributed by atoms with Crippen LogP contribution in [0, 0.1) is 0 Å². The summed E-state index contributed by atoms with van der Waals surface area (Å²) >= 11 is 0. The normalized spacial score (nSPS) is 18.6. The molecule has 1 aromatic carbocycles. The first kappa shape index (κ1) is 11.9.